The van der Waals surface area contributed by atoms with Crippen molar-refractivity contribution in [1.29, 1.82) is 0 Å². The molecule has 2 aliphatic carbocycles. The van der Waals surface area contributed by atoms with Crippen LogP contribution in [0.15, 0.2) is 18.2 Å². The molecule has 1 saturated heterocycles. The number of hydrogen-bond acceptors (Lipinski definition) is 5. The zero-order valence-electron chi connectivity index (χ0n) is 18.8. The molecule has 1 aromatic carbocycles. The molecule has 1 heterocycles. The van der Waals surface area contributed by atoms with Crippen molar-refractivity contribution in [3.05, 3.63) is 23.8 Å². The van der Waals surface area contributed by atoms with E-state index in [2.05, 4.69) is 15.9 Å². The predicted molar refractivity (Wildman–Crippen MR) is 118 cm³/mol. The number of hydrogen-bond donors (Lipinski definition) is 1. The summed E-state index contributed by atoms with van der Waals surface area (Å²) in [5.41, 5.74) is 1.12. The van der Waals surface area contributed by atoms with Gasteiger partial charge in [-0.25, -0.2) is 0 Å². The van der Waals surface area contributed by atoms with Gasteiger partial charge in [-0.2, -0.15) is 0 Å². The van der Waals surface area contributed by atoms with E-state index in [1.165, 1.54) is 51.4 Å². The fourth-order valence-corrected chi connectivity index (χ4v) is 5.15. The highest BCUT2D eigenvalue weighted by molar-refractivity contribution is 5.79. The van der Waals surface area contributed by atoms with E-state index >= 15 is 0 Å². The summed E-state index contributed by atoms with van der Waals surface area (Å²) in [5.74, 6) is 2.70. The molecule has 2 atom stereocenters. The Bertz CT molecular complexity index is 690. The lowest BCUT2D eigenvalue weighted by molar-refractivity contribution is -0.139. The highest BCUT2D eigenvalue weighted by Crippen LogP contribution is 2.36. The number of piperidine rings is 1. The second-order valence-electron chi connectivity index (χ2n) is 8.66. The van der Waals surface area contributed by atoms with Gasteiger partial charge in [0.25, 0.3) is 0 Å². The van der Waals surface area contributed by atoms with E-state index in [1.54, 1.807) is 14.2 Å². The highest BCUT2D eigenvalue weighted by atomic mass is 16.5. The fourth-order valence-electron chi connectivity index (χ4n) is 5.15. The van der Waals surface area contributed by atoms with Gasteiger partial charge in [0.05, 0.1) is 20.8 Å². The van der Waals surface area contributed by atoms with Crippen LogP contribution in [0.5, 0.6) is 11.5 Å². The monoisotopic (exact) mass is 418 g/mol. The molecular weight excluding hydrogens is 380 g/mol. The van der Waals surface area contributed by atoms with Crippen molar-refractivity contribution < 1.29 is 19.4 Å². The number of amides is 1. The van der Waals surface area contributed by atoms with Crippen LogP contribution >= 0.6 is 0 Å². The normalized spacial score (nSPS) is 23.3. The lowest BCUT2D eigenvalue weighted by Gasteiger charge is -2.44. The number of aliphatic hydroxyl groups is 1. The topological polar surface area (TPSA) is 62.2 Å². The van der Waals surface area contributed by atoms with Crippen molar-refractivity contribution in [2.24, 2.45) is 5.92 Å². The van der Waals surface area contributed by atoms with Crippen LogP contribution < -0.4 is 9.47 Å². The van der Waals surface area contributed by atoms with E-state index in [1.807, 2.05) is 12.1 Å². The number of likely N-dealkylation sites (tertiary alicyclic amines) is 1. The number of ether oxygens (including phenoxy) is 2. The Labute approximate surface area is 181 Å². The summed E-state index contributed by atoms with van der Waals surface area (Å²) in [4.78, 5) is 17.9. The molecule has 1 N–H and O–H groups in total. The van der Waals surface area contributed by atoms with Gasteiger partial charge in [-0.05, 0) is 50.5 Å². The Kier molecular flexibility index (Phi) is 8.40. The van der Waals surface area contributed by atoms with Gasteiger partial charge in [0.2, 0.25) is 5.91 Å². The number of rotatable bonds is 7. The molecular formula is C24H38N2O4. The van der Waals surface area contributed by atoms with Crippen molar-refractivity contribution in [3.63, 3.8) is 0 Å². The Balaban J connectivity index is 0.00000124. The van der Waals surface area contributed by atoms with E-state index in [9.17, 15) is 4.79 Å². The van der Waals surface area contributed by atoms with Gasteiger partial charge < -0.3 is 19.5 Å². The van der Waals surface area contributed by atoms with E-state index in [0.29, 0.717) is 24.5 Å². The smallest absolute Gasteiger partial charge is 0.237 e. The highest BCUT2D eigenvalue weighted by Gasteiger charge is 2.38. The van der Waals surface area contributed by atoms with E-state index in [-0.39, 0.29) is 0 Å². The zero-order chi connectivity index (χ0) is 21.5. The Hall–Kier alpha value is -1.79. The SMILES string of the molecule is CO.COc1ccc(CN(CC(=O)N2CCC[C@@H]3CCCC[C@@H]32)C2CC2)c(OC)c1. The number of methoxy groups -OCH3 is 2. The molecule has 6 heteroatoms. The van der Waals surface area contributed by atoms with Crippen molar-refractivity contribution >= 4 is 5.91 Å². The number of nitrogens with zero attached hydrogens (tertiary/aromatic N) is 2. The summed E-state index contributed by atoms with van der Waals surface area (Å²) in [6.07, 6.45) is 9.99. The maximum atomic E-state index is 13.3. The van der Waals surface area contributed by atoms with Gasteiger partial charge in [0, 0.05) is 43.9 Å². The molecule has 6 nitrogen and oxygen atoms in total. The maximum absolute atomic E-state index is 13.3. The molecule has 1 amide bonds. The molecule has 0 aromatic heterocycles. The third-order valence-electron chi connectivity index (χ3n) is 6.83. The summed E-state index contributed by atoms with van der Waals surface area (Å²) >= 11 is 0. The number of carbonyl (C=O) groups excluding carboxylic acids is 1. The first kappa shape index (κ1) is 22.9. The Morgan fingerprint density at radius 2 is 1.80 bits per heavy atom. The summed E-state index contributed by atoms with van der Waals surface area (Å²) in [6, 6.07) is 6.99. The minimum absolute atomic E-state index is 0.330. The zero-order valence-corrected chi connectivity index (χ0v) is 18.8. The molecule has 0 unspecified atom stereocenters. The molecule has 0 spiro atoms. The molecule has 168 valence electrons. The van der Waals surface area contributed by atoms with E-state index in [0.717, 1.165) is 43.2 Å². The van der Waals surface area contributed by atoms with Crippen LogP contribution in [0, 0.1) is 5.92 Å². The van der Waals surface area contributed by atoms with Crippen LogP contribution in [0.1, 0.15) is 56.9 Å². The first-order valence-electron chi connectivity index (χ1n) is 11.4. The number of fused-ring (bicyclic) bond motifs is 1. The lowest BCUT2D eigenvalue weighted by Crippen LogP contribution is -2.52. The summed E-state index contributed by atoms with van der Waals surface area (Å²) in [5, 5.41) is 7.00. The average molecular weight is 419 g/mol. The van der Waals surface area contributed by atoms with Gasteiger partial charge in [-0.1, -0.05) is 18.9 Å². The Morgan fingerprint density at radius 3 is 2.50 bits per heavy atom. The van der Waals surface area contributed by atoms with Crippen LogP contribution in [0.2, 0.25) is 0 Å². The van der Waals surface area contributed by atoms with Crippen LogP contribution in [0.4, 0.5) is 0 Å². The summed E-state index contributed by atoms with van der Waals surface area (Å²) in [6.45, 7) is 2.24. The van der Waals surface area contributed by atoms with Gasteiger partial charge in [-0.3, -0.25) is 9.69 Å². The van der Waals surface area contributed by atoms with Crippen LogP contribution in [0.25, 0.3) is 0 Å². The van der Waals surface area contributed by atoms with Gasteiger partial charge in [0.15, 0.2) is 0 Å². The van der Waals surface area contributed by atoms with E-state index in [4.69, 9.17) is 14.6 Å². The molecule has 3 aliphatic rings. The quantitative estimate of drug-likeness (QED) is 0.735. The molecule has 1 aliphatic heterocycles. The van der Waals surface area contributed by atoms with Crippen LogP contribution in [-0.4, -0.2) is 67.3 Å². The molecule has 30 heavy (non-hydrogen) atoms. The van der Waals surface area contributed by atoms with Gasteiger partial charge in [-0.15, -0.1) is 0 Å². The average Bonchev–Trinajstić information content (AvgIpc) is 3.65. The predicted octanol–water partition coefficient (Wildman–Crippen LogP) is 3.46. The minimum atomic E-state index is 0.330. The maximum Gasteiger partial charge on any atom is 0.237 e. The van der Waals surface area contributed by atoms with Gasteiger partial charge >= 0.3 is 0 Å². The van der Waals surface area contributed by atoms with Crippen molar-refractivity contribution in [1.82, 2.24) is 9.80 Å². The largest absolute Gasteiger partial charge is 0.497 e. The minimum Gasteiger partial charge on any atom is -0.497 e. The first-order valence-corrected chi connectivity index (χ1v) is 11.4. The third-order valence-corrected chi connectivity index (χ3v) is 6.83. The van der Waals surface area contributed by atoms with Crippen molar-refractivity contribution in [3.8, 4) is 11.5 Å². The third kappa shape index (κ3) is 5.46. The summed E-state index contributed by atoms with van der Waals surface area (Å²) in [7, 11) is 4.36. The van der Waals surface area contributed by atoms with E-state index < -0.39 is 0 Å². The van der Waals surface area contributed by atoms with Crippen LogP contribution in [0.3, 0.4) is 0 Å². The number of aliphatic hydroxyl groups excluding tert-OH is 1. The Morgan fingerprint density at radius 1 is 1.07 bits per heavy atom. The number of benzene rings is 1. The molecule has 0 radical (unpaired) electrons. The van der Waals surface area contributed by atoms with Gasteiger partial charge in [0.1, 0.15) is 11.5 Å². The van der Waals surface area contributed by atoms with Crippen molar-refractivity contribution in [2.75, 3.05) is 34.4 Å². The standard InChI is InChI=1S/C23H34N2O3.CH4O/c1-27-20-12-9-18(22(14-20)28-2)15-24(19-10-11-19)16-23(26)25-13-5-7-17-6-3-4-8-21(17)25;1-2/h9,12,14,17,19,21H,3-8,10-11,13,15-16H2,1-2H3;2H,1H3/t17-,21-;/m0./s1. The molecule has 2 saturated carbocycles. The molecule has 4 rings (SSSR count). The first-order chi connectivity index (χ1) is 14.7. The van der Waals surface area contributed by atoms with Crippen LogP contribution in [-0.2, 0) is 11.3 Å². The van der Waals surface area contributed by atoms with Crippen molar-refractivity contribution in [2.45, 2.75) is 70.0 Å². The second-order valence-corrected chi connectivity index (χ2v) is 8.66. The second kappa shape index (κ2) is 11.0. The lowest BCUT2D eigenvalue weighted by atomic mass is 9.78. The summed E-state index contributed by atoms with van der Waals surface area (Å²) < 4.78 is 10.9. The number of carbonyl (C=O) groups is 1. The molecule has 1 aromatic rings. The fraction of sp³-hybridized carbons (Fsp3) is 0.708. The molecule has 3 fully saturated rings. The molecule has 0 bridgehead atoms.